The summed E-state index contributed by atoms with van der Waals surface area (Å²) < 4.78 is 0. The minimum absolute atomic E-state index is 0.0386. The molecule has 192 valence electrons. The summed E-state index contributed by atoms with van der Waals surface area (Å²) in [6.45, 7) is 0.873. The van der Waals surface area contributed by atoms with Crippen molar-refractivity contribution in [2.45, 2.75) is 37.9 Å². The number of phenolic OH excluding ortho intramolecular Hbond substituents is 1. The quantitative estimate of drug-likeness (QED) is 0.164. The van der Waals surface area contributed by atoms with Crippen LogP contribution in [0.1, 0.15) is 18.1 Å². The van der Waals surface area contributed by atoms with Gasteiger partial charge in [0.05, 0.1) is 23.6 Å². The first-order valence-corrected chi connectivity index (χ1v) is 10.9. The summed E-state index contributed by atoms with van der Waals surface area (Å²) in [6.07, 6.45) is 0.224. The van der Waals surface area contributed by atoms with Gasteiger partial charge in [0.2, 0.25) is 23.6 Å². The Morgan fingerprint density at radius 3 is 1.92 bits per heavy atom. The highest BCUT2D eigenvalue weighted by Crippen LogP contribution is 2.13. The second-order valence-electron chi connectivity index (χ2n) is 8.07. The molecule has 3 atom stereocenters. The van der Waals surface area contributed by atoms with Gasteiger partial charge in [0.15, 0.2) is 0 Å². The molecule has 0 spiro atoms. The summed E-state index contributed by atoms with van der Waals surface area (Å²) in [6, 6.07) is 8.61. The molecule has 0 aliphatic rings. The monoisotopic (exact) mass is 500 g/mol. The maximum Gasteiger partial charge on any atom is 0.269 e. The number of non-ortho nitro benzene ring substituents is 1. The number of aromatic hydroxyl groups is 1. The Bertz CT molecular complexity index is 1100. The number of phenols is 1. The summed E-state index contributed by atoms with van der Waals surface area (Å²) in [4.78, 5) is 58.7. The number of nitrogens with zero attached hydrogens (tertiary/aromatic N) is 1. The number of nitro benzene ring substituents is 1. The largest absolute Gasteiger partial charge is 0.508 e. The van der Waals surface area contributed by atoms with Crippen LogP contribution in [0.25, 0.3) is 0 Å². The molecule has 0 fully saturated rings. The van der Waals surface area contributed by atoms with Gasteiger partial charge in [-0.2, -0.15) is 0 Å². The molecule has 4 amide bonds. The van der Waals surface area contributed by atoms with E-state index in [4.69, 9.17) is 11.5 Å². The fraction of sp³-hybridized carbons (Fsp3) is 0.304. The van der Waals surface area contributed by atoms with Crippen molar-refractivity contribution in [2.24, 2.45) is 11.5 Å². The third-order valence-electron chi connectivity index (χ3n) is 5.11. The van der Waals surface area contributed by atoms with E-state index in [0.717, 1.165) is 5.56 Å². The Balaban J connectivity index is 1.74. The Labute approximate surface area is 206 Å². The summed E-state index contributed by atoms with van der Waals surface area (Å²) in [7, 11) is 0. The maximum absolute atomic E-state index is 12.3. The average Bonchev–Trinajstić information content (AvgIpc) is 2.83. The van der Waals surface area contributed by atoms with Crippen LogP contribution >= 0.6 is 0 Å². The van der Waals surface area contributed by atoms with Crippen molar-refractivity contribution < 1.29 is 29.2 Å². The molecule has 0 unspecified atom stereocenters. The molecule has 13 heteroatoms. The molecule has 13 nitrogen and oxygen atoms in total. The van der Waals surface area contributed by atoms with Gasteiger partial charge in [-0.15, -0.1) is 0 Å². The summed E-state index contributed by atoms with van der Waals surface area (Å²) in [5.74, 6) is -2.76. The molecule has 2 aromatic carbocycles. The first kappa shape index (κ1) is 27.9. The minimum Gasteiger partial charge on any atom is -0.508 e. The number of hydrogen-bond donors (Lipinski definition) is 6. The molecular formula is C23H28N6O7. The fourth-order valence-electron chi connectivity index (χ4n) is 3.06. The van der Waals surface area contributed by atoms with Gasteiger partial charge >= 0.3 is 0 Å². The number of nitro groups is 1. The molecule has 8 N–H and O–H groups in total. The van der Waals surface area contributed by atoms with Crippen LogP contribution in [-0.2, 0) is 32.0 Å². The number of nitrogens with two attached hydrogens (primary N) is 2. The number of imide groups is 1. The Morgan fingerprint density at radius 2 is 1.39 bits per heavy atom. The van der Waals surface area contributed by atoms with E-state index in [9.17, 15) is 34.4 Å². The number of carbonyl (C=O) groups is 4. The normalized spacial score (nSPS) is 13.1. The highest BCUT2D eigenvalue weighted by molar-refractivity contribution is 6.00. The summed E-state index contributed by atoms with van der Waals surface area (Å²) in [5, 5.41) is 26.8. The van der Waals surface area contributed by atoms with E-state index >= 15 is 0 Å². The molecule has 0 saturated heterocycles. The Hall–Kier alpha value is -4.36. The lowest BCUT2D eigenvalue weighted by Crippen LogP contribution is -2.53. The molecular weight excluding hydrogens is 472 g/mol. The van der Waals surface area contributed by atoms with Gasteiger partial charge in [-0.1, -0.05) is 24.3 Å². The molecule has 2 aromatic rings. The van der Waals surface area contributed by atoms with Crippen LogP contribution in [0.5, 0.6) is 5.75 Å². The van der Waals surface area contributed by atoms with Crippen LogP contribution in [0.2, 0.25) is 0 Å². The van der Waals surface area contributed by atoms with Gasteiger partial charge in [0, 0.05) is 12.1 Å². The van der Waals surface area contributed by atoms with Gasteiger partial charge in [0.25, 0.3) is 5.69 Å². The highest BCUT2D eigenvalue weighted by Gasteiger charge is 2.22. The van der Waals surface area contributed by atoms with Crippen LogP contribution in [0.3, 0.4) is 0 Å². The van der Waals surface area contributed by atoms with Crippen LogP contribution in [0.15, 0.2) is 48.5 Å². The van der Waals surface area contributed by atoms with E-state index in [1.807, 2.05) is 0 Å². The molecule has 0 radical (unpaired) electrons. The first-order valence-electron chi connectivity index (χ1n) is 10.9. The van der Waals surface area contributed by atoms with Crippen LogP contribution < -0.4 is 27.4 Å². The number of nitrogens with one attached hydrogen (secondary N) is 3. The molecule has 0 aliphatic carbocycles. The average molecular weight is 501 g/mol. The highest BCUT2D eigenvalue weighted by atomic mass is 16.6. The lowest BCUT2D eigenvalue weighted by molar-refractivity contribution is -0.384. The van der Waals surface area contributed by atoms with Crippen molar-refractivity contribution in [1.29, 1.82) is 0 Å². The van der Waals surface area contributed by atoms with E-state index in [2.05, 4.69) is 16.0 Å². The van der Waals surface area contributed by atoms with Crippen molar-refractivity contribution in [1.82, 2.24) is 16.0 Å². The standard InChI is InChI=1S/C23H28N6O7/c1-13(27-22(33)18(24)11-15-4-8-17(30)9-5-15)21(32)26-12-20(31)28-23(34)19(25)10-14-2-6-16(7-3-14)29(35)36/h2-9,13,18-19,30H,10-12,24-25H2,1H3,(H,26,32)(H,27,33)(H,28,31,34)/t13-,18+,19+/m1/s1. The number of benzene rings is 2. The zero-order valence-corrected chi connectivity index (χ0v) is 19.5. The van der Waals surface area contributed by atoms with Gasteiger partial charge in [-0.25, -0.2) is 0 Å². The second kappa shape index (κ2) is 12.9. The van der Waals surface area contributed by atoms with E-state index in [0.29, 0.717) is 5.56 Å². The Morgan fingerprint density at radius 1 is 0.889 bits per heavy atom. The van der Waals surface area contributed by atoms with Crippen molar-refractivity contribution >= 4 is 29.3 Å². The number of carbonyl (C=O) groups excluding carboxylic acids is 4. The van der Waals surface area contributed by atoms with E-state index in [1.165, 1.54) is 43.3 Å². The molecule has 0 aromatic heterocycles. The first-order chi connectivity index (χ1) is 17.0. The number of hydrogen-bond acceptors (Lipinski definition) is 9. The molecule has 0 heterocycles. The third kappa shape index (κ3) is 8.77. The van der Waals surface area contributed by atoms with Crippen LogP contribution in [-0.4, -0.2) is 58.3 Å². The predicted octanol–water partition coefficient (Wildman–Crippen LogP) is -0.996. The molecule has 0 bridgehead atoms. The lowest BCUT2D eigenvalue weighted by Gasteiger charge is -2.17. The maximum atomic E-state index is 12.3. The van der Waals surface area contributed by atoms with E-state index in [1.54, 1.807) is 12.1 Å². The smallest absolute Gasteiger partial charge is 0.269 e. The zero-order chi connectivity index (χ0) is 26.8. The number of rotatable bonds is 11. The second-order valence-corrected chi connectivity index (χ2v) is 8.07. The van der Waals surface area contributed by atoms with Crippen molar-refractivity contribution in [3.63, 3.8) is 0 Å². The summed E-state index contributed by atoms with van der Waals surface area (Å²) in [5.41, 5.74) is 12.8. The zero-order valence-electron chi connectivity index (χ0n) is 19.5. The van der Waals surface area contributed by atoms with Gasteiger partial charge in [0.1, 0.15) is 11.8 Å². The van der Waals surface area contributed by atoms with Crippen LogP contribution in [0.4, 0.5) is 5.69 Å². The molecule has 0 saturated carbocycles. The van der Waals surface area contributed by atoms with Crippen molar-refractivity contribution in [3.8, 4) is 5.75 Å². The predicted molar refractivity (Wildman–Crippen MR) is 128 cm³/mol. The van der Waals surface area contributed by atoms with Gasteiger partial charge in [-0.3, -0.25) is 34.6 Å². The van der Waals surface area contributed by atoms with Gasteiger partial charge < -0.3 is 27.2 Å². The molecule has 36 heavy (non-hydrogen) atoms. The molecule has 0 aliphatic heterocycles. The lowest BCUT2D eigenvalue weighted by atomic mass is 10.1. The van der Waals surface area contributed by atoms with Crippen LogP contribution in [0, 0.1) is 10.1 Å². The SMILES string of the molecule is C[C@@H](NC(=O)[C@@H](N)Cc1ccc(O)cc1)C(=O)NCC(=O)NC(=O)[C@@H](N)Cc1ccc([N+](=O)[O-])cc1. The third-order valence-corrected chi connectivity index (χ3v) is 5.11. The molecule has 2 rings (SSSR count). The number of amides is 4. The summed E-state index contributed by atoms with van der Waals surface area (Å²) >= 11 is 0. The Kier molecular flexibility index (Phi) is 10.0. The van der Waals surface area contributed by atoms with E-state index < -0.39 is 53.2 Å². The van der Waals surface area contributed by atoms with Crippen molar-refractivity contribution in [2.75, 3.05) is 6.54 Å². The van der Waals surface area contributed by atoms with Gasteiger partial charge in [-0.05, 0) is 43.0 Å². The van der Waals surface area contributed by atoms with E-state index in [-0.39, 0.29) is 24.3 Å². The minimum atomic E-state index is -1.10. The fourth-order valence-corrected chi connectivity index (χ4v) is 3.06. The van der Waals surface area contributed by atoms with Crippen molar-refractivity contribution in [3.05, 3.63) is 69.8 Å². The topological polar surface area (TPSA) is 220 Å².